The lowest BCUT2D eigenvalue weighted by atomic mass is 10.0. The normalized spacial score (nSPS) is 18.1. The van der Waals surface area contributed by atoms with Gasteiger partial charge in [-0.3, -0.25) is 4.79 Å². The number of carbonyl (C=O) groups excluding carboxylic acids is 1. The molecule has 1 aliphatic rings. The van der Waals surface area contributed by atoms with Crippen molar-refractivity contribution in [2.24, 2.45) is 0 Å². The average molecular weight is 395 g/mol. The zero-order chi connectivity index (χ0) is 19.5. The Hall–Kier alpha value is -3.00. The van der Waals surface area contributed by atoms with Crippen molar-refractivity contribution >= 4 is 17.7 Å². The van der Waals surface area contributed by atoms with Crippen LogP contribution in [0.25, 0.3) is 0 Å². The van der Waals surface area contributed by atoms with E-state index < -0.39 is 0 Å². The van der Waals surface area contributed by atoms with Gasteiger partial charge in [-0.1, -0.05) is 54.2 Å². The Morgan fingerprint density at radius 1 is 1.18 bits per heavy atom. The quantitative estimate of drug-likeness (QED) is 0.691. The van der Waals surface area contributed by atoms with Crippen LogP contribution in [0.1, 0.15) is 23.0 Å². The standard InChI is InChI=1S/C20H21N5O2S/c1-13-22-23-20-25(13)24-17(15-8-10-16(27-2)11-9-15)18(28-20)19(26)21-12-14-6-4-3-5-7-14/h3-11,17-18,24H,12H2,1-2H3,(H,21,26)/t17-,18-/m0/s1. The van der Waals surface area contributed by atoms with E-state index in [0.717, 1.165) is 22.7 Å². The van der Waals surface area contributed by atoms with Gasteiger partial charge in [0, 0.05) is 6.54 Å². The van der Waals surface area contributed by atoms with Gasteiger partial charge < -0.3 is 15.5 Å². The Balaban J connectivity index is 1.58. The van der Waals surface area contributed by atoms with Gasteiger partial charge in [0.1, 0.15) is 16.8 Å². The lowest BCUT2D eigenvalue weighted by Gasteiger charge is -2.32. The Kier molecular flexibility index (Phi) is 5.21. The smallest absolute Gasteiger partial charge is 0.236 e. The molecule has 0 saturated carbocycles. The number of benzene rings is 2. The number of aromatic nitrogens is 3. The molecule has 1 amide bonds. The molecule has 0 saturated heterocycles. The first-order valence-electron chi connectivity index (χ1n) is 8.96. The minimum Gasteiger partial charge on any atom is -0.497 e. The number of amides is 1. The van der Waals surface area contributed by atoms with Crippen LogP contribution in [0, 0.1) is 6.92 Å². The van der Waals surface area contributed by atoms with Crippen molar-refractivity contribution < 1.29 is 9.53 Å². The molecular formula is C20H21N5O2S. The van der Waals surface area contributed by atoms with Crippen molar-refractivity contribution in [1.82, 2.24) is 20.2 Å². The summed E-state index contributed by atoms with van der Waals surface area (Å²) in [6, 6.07) is 17.4. The number of methoxy groups -OCH3 is 1. The molecule has 2 heterocycles. The van der Waals surface area contributed by atoms with Crippen LogP contribution >= 0.6 is 11.8 Å². The lowest BCUT2D eigenvalue weighted by Crippen LogP contribution is -2.44. The van der Waals surface area contributed by atoms with E-state index in [1.165, 1.54) is 11.8 Å². The van der Waals surface area contributed by atoms with Gasteiger partial charge in [0.25, 0.3) is 0 Å². The predicted octanol–water partition coefficient (Wildman–Crippen LogP) is 2.67. The highest BCUT2D eigenvalue weighted by Gasteiger charge is 2.37. The summed E-state index contributed by atoms with van der Waals surface area (Å²) in [5.74, 6) is 1.48. The molecule has 0 aliphatic carbocycles. The number of hydrogen-bond acceptors (Lipinski definition) is 6. The third kappa shape index (κ3) is 3.68. The summed E-state index contributed by atoms with van der Waals surface area (Å²) in [5, 5.41) is 11.6. The molecule has 28 heavy (non-hydrogen) atoms. The molecule has 0 fully saturated rings. The minimum atomic E-state index is -0.381. The fraction of sp³-hybridized carbons (Fsp3) is 0.250. The Bertz CT molecular complexity index is 958. The van der Waals surface area contributed by atoms with Gasteiger partial charge in [0.15, 0.2) is 0 Å². The topological polar surface area (TPSA) is 81.1 Å². The van der Waals surface area contributed by atoms with E-state index in [0.29, 0.717) is 11.7 Å². The summed E-state index contributed by atoms with van der Waals surface area (Å²) in [5.41, 5.74) is 5.45. The number of thioether (sulfide) groups is 1. The number of nitrogens with one attached hydrogen (secondary N) is 2. The summed E-state index contributed by atoms with van der Waals surface area (Å²) in [4.78, 5) is 13.0. The molecule has 2 aromatic carbocycles. The second-order valence-corrected chi connectivity index (χ2v) is 7.60. The van der Waals surface area contributed by atoms with Crippen molar-refractivity contribution in [1.29, 1.82) is 0 Å². The molecule has 0 unspecified atom stereocenters. The Labute approximate surface area is 167 Å². The number of rotatable bonds is 5. The lowest BCUT2D eigenvalue weighted by molar-refractivity contribution is -0.121. The number of carbonyl (C=O) groups is 1. The fourth-order valence-electron chi connectivity index (χ4n) is 3.11. The second kappa shape index (κ2) is 7.93. The average Bonchev–Trinajstić information content (AvgIpc) is 3.12. The van der Waals surface area contributed by atoms with Crippen molar-refractivity contribution in [2.45, 2.75) is 29.9 Å². The van der Waals surface area contributed by atoms with E-state index in [-0.39, 0.29) is 17.2 Å². The molecule has 7 nitrogen and oxygen atoms in total. The zero-order valence-electron chi connectivity index (χ0n) is 15.6. The van der Waals surface area contributed by atoms with Crippen LogP contribution in [0.4, 0.5) is 0 Å². The summed E-state index contributed by atoms with van der Waals surface area (Å²) < 4.78 is 7.09. The molecule has 4 rings (SSSR count). The Morgan fingerprint density at radius 3 is 2.64 bits per heavy atom. The zero-order valence-corrected chi connectivity index (χ0v) is 16.4. The fourth-order valence-corrected chi connectivity index (χ4v) is 4.26. The van der Waals surface area contributed by atoms with Gasteiger partial charge in [-0.25, -0.2) is 4.68 Å². The number of fused-ring (bicyclic) bond motifs is 1. The maximum atomic E-state index is 13.0. The molecule has 1 aromatic heterocycles. The number of aryl methyl sites for hydroxylation is 1. The maximum Gasteiger partial charge on any atom is 0.236 e. The van der Waals surface area contributed by atoms with E-state index in [9.17, 15) is 4.79 Å². The summed E-state index contributed by atoms with van der Waals surface area (Å²) >= 11 is 1.42. The first-order valence-corrected chi connectivity index (χ1v) is 9.84. The van der Waals surface area contributed by atoms with E-state index >= 15 is 0 Å². The molecule has 144 valence electrons. The third-order valence-corrected chi connectivity index (χ3v) is 5.86. The first-order chi connectivity index (χ1) is 13.7. The van der Waals surface area contributed by atoms with Crippen molar-refractivity contribution in [3.05, 3.63) is 71.5 Å². The molecule has 0 bridgehead atoms. The molecule has 2 atom stereocenters. The van der Waals surface area contributed by atoms with E-state index in [4.69, 9.17) is 4.74 Å². The second-order valence-electron chi connectivity index (χ2n) is 6.49. The SMILES string of the molecule is COc1ccc([C@@H]2Nn3c(C)nnc3S[C@@H]2C(=O)NCc2ccccc2)cc1. The van der Waals surface area contributed by atoms with Gasteiger partial charge >= 0.3 is 0 Å². The molecule has 3 aromatic rings. The maximum absolute atomic E-state index is 13.0. The number of hydrogen-bond donors (Lipinski definition) is 2. The summed E-state index contributed by atoms with van der Waals surface area (Å²) in [6.07, 6.45) is 0. The van der Waals surface area contributed by atoms with Gasteiger partial charge in [-0.2, -0.15) is 0 Å². The van der Waals surface area contributed by atoms with E-state index in [1.807, 2.05) is 66.2 Å². The third-order valence-electron chi connectivity index (χ3n) is 4.64. The molecular weight excluding hydrogens is 374 g/mol. The molecule has 0 spiro atoms. The molecule has 2 N–H and O–H groups in total. The van der Waals surface area contributed by atoms with Crippen LogP contribution in [-0.4, -0.2) is 33.1 Å². The largest absolute Gasteiger partial charge is 0.497 e. The van der Waals surface area contributed by atoms with Crippen molar-refractivity contribution in [3.8, 4) is 5.75 Å². The molecule has 1 aliphatic heterocycles. The number of ether oxygens (including phenoxy) is 1. The predicted molar refractivity (Wildman–Crippen MR) is 108 cm³/mol. The molecule has 8 heteroatoms. The van der Waals surface area contributed by atoms with E-state index in [2.05, 4.69) is 20.9 Å². The van der Waals surface area contributed by atoms with E-state index in [1.54, 1.807) is 7.11 Å². The van der Waals surface area contributed by atoms with Gasteiger partial charge in [-0.15, -0.1) is 10.2 Å². The monoisotopic (exact) mass is 395 g/mol. The minimum absolute atomic E-state index is 0.0472. The highest BCUT2D eigenvalue weighted by molar-refractivity contribution is 8.00. The van der Waals surface area contributed by atoms with Crippen LogP contribution < -0.4 is 15.5 Å². The van der Waals surface area contributed by atoms with Gasteiger partial charge in [0.05, 0.1) is 13.2 Å². The Morgan fingerprint density at radius 2 is 1.93 bits per heavy atom. The van der Waals surface area contributed by atoms with Crippen molar-refractivity contribution in [2.75, 3.05) is 12.5 Å². The van der Waals surface area contributed by atoms with Crippen LogP contribution in [0.3, 0.4) is 0 Å². The first kappa shape index (κ1) is 18.4. The van der Waals surface area contributed by atoms with Crippen LogP contribution in [0.15, 0.2) is 59.8 Å². The number of nitrogens with zero attached hydrogens (tertiary/aromatic N) is 3. The van der Waals surface area contributed by atoms with Crippen LogP contribution in [-0.2, 0) is 11.3 Å². The highest BCUT2D eigenvalue weighted by atomic mass is 32.2. The molecule has 0 radical (unpaired) electrons. The summed E-state index contributed by atoms with van der Waals surface area (Å²) in [7, 11) is 1.64. The van der Waals surface area contributed by atoms with Crippen LogP contribution in [0.2, 0.25) is 0 Å². The summed E-state index contributed by atoms with van der Waals surface area (Å²) in [6.45, 7) is 2.36. The van der Waals surface area contributed by atoms with Crippen molar-refractivity contribution in [3.63, 3.8) is 0 Å². The highest BCUT2D eigenvalue weighted by Crippen LogP contribution is 2.37. The van der Waals surface area contributed by atoms with Crippen LogP contribution in [0.5, 0.6) is 5.75 Å². The van der Waals surface area contributed by atoms with Gasteiger partial charge in [-0.05, 0) is 30.2 Å². The van der Waals surface area contributed by atoms with Gasteiger partial charge in [0.2, 0.25) is 11.1 Å².